The SMILES string of the molecule is CC(C)[C@H]1CC[C@H](C)C[C@@H]1OCCCO. The average molecular weight is 214 g/mol. The minimum atomic E-state index is 0.245. The molecule has 15 heavy (non-hydrogen) atoms. The summed E-state index contributed by atoms with van der Waals surface area (Å²) in [4.78, 5) is 0. The Hall–Kier alpha value is -0.0800. The second-order valence-electron chi connectivity index (χ2n) is 5.31. The van der Waals surface area contributed by atoms with Crippen LogP contribution in [0.2, 0.25) is 0 Å². The summed E-state index contributed by atoms with van der Waals surface area (Å²) in [6.45, 7) is 7.87. The zero-order valence-electron chi connectivity index (χ0n) is 10.4. The van der Waals surface area contributed by atoms with Crippen molar-refractivity contribution in [3.63, 3.8) is 0 Å². The van der Waals surface area contributed by atoms with Crippen LogP contribution in [0.4, 0.5) is 0 Å². The van der Waals surface area contributed by atoms with Gasteiger partial charge in [-0.05, 0) is 37.0 Å². The van der Waals surface area contributed by atoms with Crippen molar-refractivity contribution in [1.82, 2.24) is 0 Å². The lowest BCUT2D eigenvalue weighted by atomic mass is 9.75. The molecular formula is C13H26O2. The molecule has 0 aromatic heterocycles. The Labute approximate surface area is 94.0 Å². The normalized spacial score (nSPS) is 32.2. The maximum atomic E-state index is 8.74. The van der Waals surface area contributed by atoms with Crippen LogP contribution in [0.25, 0.3) is 0 Å². The molecule has 2 nitrogen and oxygen atoms in total. The minimum Gasteiger partial charge on any atom is -0.396 e. The molecule has 3 atom stereocenters. The number of rotatable bonds is 5. The van der Waals surface area contributed by atoms with Crippen molar-refractivity contribution in [3.05, 3.63) is 0 Å². The Morgan fingerprint density at radius 1 is 1.33 bits per heavy atom. The Balaban J connectivity index is 2.39. The van der Waals surface area contributed by atoms with Crippen LogP contribution >= 0.6 is 0 Å². The third-order valence-electron chi connectivity index (χ3n) is 3.60. The van der Waals surface area contributed by atoms with Gasteiger partial charge in [-0.3, -0.25) is 0 Å². The number of hydrogen-bond acceptors (Lipinski definition) is 2. The predicted molar refractivity (Wildman–Crippen MR) is 62.8 cm³/mol. The van der Waals surface area contributed by atoms with E-state index in [1.165, 1.54) is 19.3 Å². The van der Waals surface area contributed by atoms with Crippen LogP contribution in [0.15, 0.2) is 0 Å². The highest BCUT2D eigenvalue weighted by Gasteiger charge is 2.30. The molecule has 0 aromatic rings. The van der Waals surface area contributed by atoms with E-state index >= 15 is 0 Å². The van der Waals surface area contributed by atoms with E-state index in [0.717, 1.165) is 30.8 Å². The van der Waals surface area contributed by atoms with E-state index in [1.54, 1.807) is 0 Å². The second kappa shape index (κ2) is 6.49. The van der Waals surface area contributed by atoms with Gasteiger partial charge in [0.2, 0.25) is 0 Å². The molecule has 2 heteroatoms. The molecule has 1 aliphatic rings. The summed E-state index contributed by atoms with van der Waals surface area (Å²) in [7, 11) is 0. The first-order valence-corrected chi connectivity index (χ1v) is 6.37. The van der Waals surface area contributed by atoms with Crippen molar-refractivity contribution in [1.29, 1.82) is 0 Å². The third-order valence-corrected chi connectivity index (χ3v) is 3.60. The van der Waals surface area contributed by atoms with Crippen LogP contribution in [0.3, 0.4) is 0 Å². The highest BCUT2D eigenvalue weighted by Crippen LogP contribution is 2.35. The lowest BCUT2D eigenvalue weighted by molar-refractivity contribution is -0.0417. The molecule has 0 bridgehead atoms. The highest BCUT2D eigenvalue weighted by atomic mass is 16.5. The number of aliphatic hydroxyl groups excluding tert-OH is 1. The quantitative estimate of drug-likeness (QED) is 0.713. The van der Waals surface area contributed by atoms with Gasteiger partial charge < -0.3 is 9.84 Å². The van der Waals surface area contributed by atoms with Crippen molar-refractivity contribution in [3.8, 4) is 0 Å². The van der Waals surface area contributed by atoms with Crippen LogP contribution < -0.4 is 0 Å². The van der Waals surface area contributed by atoms with Crippen LogP contribution in [0, 0.1) is 17.8 Å². The molecule has 1 N–H and O–H groups in total. The van der Waals surface area contributed by atoms with Crippen molar-refractivity contribution < 1.29 is 9.84 Å². The van der Waals surface area contributed by atoms with Gasteiger partial charge in [0, 0.05) is 13.2 Å². The zero-order valence-corrected chi connectivity index (χ0v) is 10.4. The molecule has 0 spiro atoms. The summed E-state index contributed by atoms with van der Waals surface area (Å²) in [6, 6.07) is 0. The van der Waals surface area contributed by atoms with Crippen LogP contribution in [-0.4, -0.2) is 24.4 Å². The van der Waals surface area contributed by atoms with Gasteiger partial charge in [-0.2, -0.15) is 0 Å². The molecule has 0 radical (unpaired) electrons. The number of aliphatic hydroxyl groups is 1. The smallest absolute Gasteiger partial charge is 0.0608 e. The molecule has 0 aliphatic heterocycles. The maximum Gasteiger partial charge on any atom is 0.0608 e. The van der Waals surface area contributed by atoms with Crippen molar-refractivity contribution in [2.24, 2.45) is 17.8 Å². The van der Waals surface area contributed by atoms with Crippen molar-refractivity contribution in [2.75, 3.05) is 13.2 Å². The fourth-order valence-corrected chi connectivity index (χ4v) is 2.61. The van der Waals surface area contributed by atoms with E-state index in [0.29, 0.717) is 6.10 Å². The predicted octanol–water partition coefficient (Wildman–Crippen LogP) is 2.85. The van der Waals surface area contributed by atoms with E-state index in [9.17, 15) is 0 Å². The van der Waals surface area contributed by atoms with Gasteiger partial charge in [0.25, 0.3) is 0 Å². The van der Waals surface area contributed by atoms with Gasteiger partial charge in [0.15, 0.2) is 0 Å². The summed E-state index contributed by atoms with van der Waals surface area (Å²) in [5, 5.41) is 8.74. The molecule has 0 unspecified atom stereocenters. The Bertz CT molecular complexity index is 168. The van der Waals surface area contributed by atoms with Crippen LogP contribution in [0.1, 0.15) is 46.5 Å². The molecule has 0 saturated heterocycles. The minimum absolute atomic E-state index is 0.245. The fourth-order valence-electron chi connectivity index (χ4n) is 2.61. The Kier molecular flexibility index (Phi) is 5.62. The van der Waals surface area contributed by atoms with Crippen molar-refractivity contribution >= 4 is 0 Å². The molecule has 1 fully saturated rings. The average Bonchev–Trinajstić information content (AvgIpc) is 2.18. The third kappa shape index (κ3) is 4.12. The van der Waals surface area contributed by atoms with Crippen LogP contribution in [-0.2, 0) is 4.74 Å². The lowest BCUT2D eigenvalue weighted by Gasteiger charge is -2.37. The molecule has 0 heterocycles. The first kappa shape index (κ1) is 13.0. The summed E-state index contributed by atoms with van der Waals surface area (Å²) in [6.07, 6.45) is 5.07. The first-order chi connectivity index (χ1) is 7.15. The fraction of sp³-hybridized carbons (Fsp3) is 1.00. The Morgan fingerprint density at radius 2 is 2.07 bits per heavy atom. The van der Waals surface area contributed by atoms with Gasteiger partial charge >= 0.3 is 0 Å². The molecule has 1 aliphatic carbocycles. The maximum absolute atomic E-state index is 8.74. The van der Waals surface area contributed by atoms with Gasteiger partial charge in [-0.25, -0.2) is 0 Å². The van der Waals surface area contributed by atoms with Crippen LogP contribution in [0.5, 0.6) is 0 Å². The van der Waals surface area contributed by atoms with E-state index in [-0.39, 0.29) is 6.61 Å². The standard InChI is InChI=1S/C13H26O2/c1-10(2)12-6-5-11(3)9-13(12)15-8-4-7-14/h10-14H,4-9H2,1-3H3/t11-,12+,13-/m0/s1. The van der Waals surface area contributed by atoms with E-state index in [2.05, 4.69) is 20.8 Å². The van der Waals surface area contributed by atoms with E-state index in [4.69, 9.17) is 9.84 Å². The highest BCUT2D eigenvalue weighted by molar-refractivity contribution is 4.81. The molecule has 1 rings (SSSR count). The summed E-state index contributed by atoms with van der Waals surface area (Å²) < 4.78 is 5.91. The largest absolute Gasteiger partial charge is 0.396 e. The summed E-state index contributed by atoms with van der Waals surface area (Å²) in [5.41, 5.74) is 0. The first-order valence-electron chi connectivity index (χ1n) is 6.37. The molecule has 90 valence electrons. The Morgan fingerprint density at radius 3 is 2.67 bits per heavy atom. The van der Waals surface area contributed by atoms with E-state index < -0.39 is 0 Å². The van der Waals surface area contributed by atoms with Gasteiger partial charge in [-0.1, -0.05) is 27.2 Å². The summed E-state index contributed by atoms with van der Waals surface area (Å²) >= 11 is 0. The van der Waals surface area contributed by atoms with E-state index in [1.807, 2.05) is 0 Å². The molecule has 1 saturated carbocycles. The molecular weight excluding hydrogens is 188 g/mol. The molecule has 0 aromatic carbocycles. The van der Waals surface area contributed by atoms with Gasteiger partial charge in [0.1, 0.15) is 0 Å². The topological polar surface area (TPSA) is 29.5 Å². The van der Waals surface area contributed by atoms with Crippen molar-refractivity contribution in [2.45, 2.75) is 52.6 Å². The number of hydrogen-bond donors (Lipinski definition) is 1. The second-order valence-corrected chi connectivity index (χ2v) is 5.31. The van der Waals surface area contributed by atoms with Gasteiger partial charge in [-0.15, -0.1) is 0 Å². The molecule has 0 amide bonds. The van der Waals surface area contributed by atoms with Gasteiger partial charge in [0.05, 0.1) is 6.10 Å². The monoisotopic (exact) mass is 214 g/mol. The summed E-state index contributed by atoms with van der Waals surface area (Å²) in [5.74, 6) is 2.25. The number of ether oxygens (including phenoxy) is 1. The zero-order chi connectivity index (χ0) is 11.3. The lowest BCUT2D eigenvalue weighted by Crippen LogP contribution is -2.34.